The summed E-state index contributed by atoms with van der Waals surface area (Å²) >= 11 is 0. The number of sulfonamides is 1. The number of rotatable bonds is 6. The van der Waals surface area contributed by atoms with Gasteiger partial charge in [0.2, 0.25) is 10.0 Å². The van der Waals surface area contributed by atoms with E-state index in [1.807, 2.05) is 6.92 Å². The maximum atomic E-state index is 12.3. The zero-order valence-corrected chi connectivity index (χ0v) is 14.4. The number of aromatic nitrogens is 1. The molecule has 0 radical (unpaired) electrons. The summed E-state index contributed by atoms with van der Waals surface area (Å²) in [4.78, 5) is 29.5. The highest BCUT2D eigenvalue weighted by Crippen LogP contribution is 2.23. The van der Waals surface area contributed by atoms with Crippen LogP contribution in [0.25, 0.3) is 0 Å². The van der Waals surface area contributed by atoms with Gasteiger partial charge in [0.15, 0.2) is 0 Å². The minimum absolute atomic E-state index is 0.131. The van der Waals surface area contributed by atoms with E-state index in [0.29, 0.717) is 11.1 Å². The van der Waals surface area contributed by atoms with E-state index in [1.54, 1.807) is 42.7 Å². The summed E-state index contributed by atoms with van der Waals surface area (Å²) in [6.07, 6.45) is 3.15. The molecule has 0 atom stereocenters. The number of aryl methyl sites for hydroxylation is 1. The van der Waals surface area contributed by atoms with Crippen LogP contribution >= 0.6 is 0 Å². The average molecular weight is 359 g/mol. The minimum Gasteiger partial charge on any atom is -0.273 e. The Hall–Kier alpha value is -2.58. The van der Waals surface area contributed by atoms with Crippen molar-refractivity contribution in [3.8, 4) is 0 Å². The predicted molar refractivity (Wildman–Crippen MR) is 91.4 cm³/mol. The van der Waals surface area contributed by atoms with E-state index in [-0.39, 0.29) is 18.8 Å². The van der Waals surface area contributed by atoms with Crippen LogP contribution in [0, 0.1) is 6.92 Å². The van der Waals surface area contributed by atoms with Gasteiger partial charge in [-0.1, -0.05) is 11.6 Å². The minimum atomic E-state index is -3.63. The Balaban J connectivity index is 1.63. The Morgan fingerprint density at radius 2 is 1.72 bits per heavy atom. The van der Waals surface area contributed by atoms with Crippen LogP contribution in [-0.4, -0.2) is 42.4 Å². The Morgan fingerprint density at radius 3 is 2.44 bits per heavy atom. The molecule has 1 aliphatic heterocycles. The molecule has 0 aliphatic carbocycles. The Bertz CT molecular complexity index is 926. The SMILES string of the molecule is Cc1ccc2c(c1)C(=O)N(CCS(=O)(=O)NCc1ccncc1)C2=O. The van der Waals surface area contributed by atoms with Gasteiger partial charge in [-0.25, -0.2) is 13.1 Å². The van der Waals surface area contributed by atoms with E-state index in [1.165, 1.54) is 0 Å². The van der Waals surface area contributed by atoms with Crippen molar-refractivity contribution in [2.75, 3.05) is 12.3 Å². The summed E-state index contributed by atoms with van der Waals surface area (Å²) in [5, 5.41) is 0. The summed E-state index contributed by atoms with van der Waals surface area (Å²) in [6.45, 7) is 1.78. The first-order valence-corrected chi connectivity index (χ1v) is 9.36. The number of nitrogens with zero attached hydrogens (tertiary/aromatic N) is 2. The smallest absolute Gasteiger partial charge is 0.261 e. The quantitative estimate of drug-likeness (QED) is 0.779. The summed E-state index contributed by atoms with van der Waals surface area (Å²) in [7, 11) is -3.63. The number of pyridine rings is 1. The fraction of sp³-hybridized carbons (Fsp3) is 0.235. The first kappa shape index (κ1) is 17.2. The molecule has 1 aromatic heterocycles. The summed E-state index contributed by atoms with van der Waals surface area (Å²) in [5.74, 6) is -1.25. The molecule has 0 spiro atoms. The average Bonchev–Trinajstić information content (AvgIpc) is 2.83. The van der Waals surface area contributed by atoms with Crippen molar-refractivity contribution < 1.29 is 18.0 Å². The van der Waals surface area contributed by atoms with Crippen LogP contribution in [0.1, 0.15) is 31.8 Å². The molecule has 0 bridgehead atoms. The molecule has 3 rings (SSSR count). The fourth-order valence-corrected chi connectivity index (χ4v) is 3.54. The molecule has 1 N–H and O–H groups in total. The molecule has 2 heterocycles. The van der Waals surface area contributed by atoms with Gasteiger partial charge in [0.25, 0.3) is 11.8 Å². The van der Waals surface area contributed by atoms with Gasteiger partial charge >= 0.3 is 0 Å². The van der Waals surface area contributed by atoms with Crippen molar-refractivity contribution in [3.05, 3.63) is 65.0 Å². The van der Waals surface area contributed by atoms with Gasteiger partial charge in [0.1, 0.15) is 0 Å². The lowest BCUT2D eigenvalue weighted by molar-refractivity contribution is 0.0664. The summed E-state index contributed by atoms with van der Waals surface area (Å²) < 4.78 is 26.7. The molecule has 25 heavy (non-hydrogen) atoms. The van der Waals surface area contributed by atoms with E-state index in [2.05, 4.69) is 9.71 Å². The van der Waals surface area contributed by atoms with Crippen LogP contribution in [0.5, 0.6) is 0 Å². The number of hydrogen-bond acceptors (Lipinski definition) is 5. The van der Waals surface area contributed by atoms with E-state index < -0.39 is 21.8 Å². The molecule has 0 saturated carbocycles. The van der Waals surface area contributed by atoms with Gasteiger partial charge in [-0.2, -0.15) is 0 Å². The van der Waals surface area contributed by atoms with Gasteiger partial charge in [-0.15, -0.1) is 0 Å². The number of nitrogens with one attached hydrogen (secondary N) is 1. The molecule has 1 aromatic carbocycles. The molecule has 0 saturated heterocycles. The summed E-state index contributed by atoms with van der Waals surface area (Å²) in [5.41, 5.74) is 2.29. The largest absolute Gasteiger partial charge is 0.273 e. The highest BCUT2D eigenvalue weighted by molar-refractivity contribution is 7.89. The number of imide groups is 1. The standard InChI is InChI=1S/C17H17N3O4S/c1-12-2-3-14-15(10-12)17(22)20(16(14)21)8-9-25(23,24)19-11-13-4-6-18-7-5-13/h2-7,10,19H,8-9,11H2,1H3. The van der Waals surface area contributed by atoms with Crippen LogP contribution in [-0.2, 0) is 16.6 Å². The maximum absolute atomic E-state index is 12.3. The zero-order valence-electron chi connectivity index (χ0n) is 13.6. The lowest BCUT2D eigenvalue weighted by Gasteiger charge is -2.14. The van der Waals surface area contributed by atoms with Gasteiger partial charge in [0.05, 0.1) is 16.9 Å². The van der Waals surface area contributed by atoms with Crippen molar-refractivity contribution in [2.45, 2.75) is 13.5 Å². The number of benzene rings is 1. The van der Waals surface area contributed by atoms with Crippen LogP contribution in [0.2, 0.25) is 0 Å². The Kier molecular flexibility index (Phi) is 4.65. The van der Waals surface area contributed by atoms with E-state index in [4.69, 9.17) is 0 Å². The van der Waals surface area contributed by atoms with E-state index in [9.17, 15) is 18.0 Å². The molecule has 130 valence electrons. The van der Waals surface area contributed by atoms with Crippen LogP contribution < -0.4 is 4.72 Å². The third-order valence-electron chi connectivity index (χ3n) is 3.96. The first-order chi connectivity index (χ1) is 11.9. The zero-order chi connectivity index (χ0) is 18.0. The van der Waals surface area contributed by atoms with Gasteiger partial charge in [-0.3, -0.25) is 19.5 Å². The second kappa shape index (κ2) is 6.73. The number of carbonyl (C=O) groups excluding carboxylic acids is 2. The monoisotopic (exact) mass is 359 g/mol. The van der Waals surface area contributed by atoms with Crippen LogP contribution in [0.4, 0.5) is 0 Å². The number of amides is 2. The number of carbonyl (C=O) groups is 2. The van der Waals surface area contributed by atoms with E-state index in [0.717, 1.165) is 16.0 Å². The third kappa shape index (κ3) is 3.75. The molecule has 8 heteroatoms. The summed E-state index contributed by atoms with van der Waals surface area (Å²) in [6, 6.07) is 8.40. The van der Waals surface area contributed by atoms with Crippen molar-refractivity contribution in [1.82, 2.24) is 14.6 Å². The van der Waals surface area contributed by atoms with Crippen LogP contribution in [0.3, 0.4) is 0 Å². The molecule has 0 unspecified atom stereocenters. The molecule has 2 amide bonds. The van der Waals surface area contributed by atoms with Gasteiger partial charge in [-0.05, 0) is 36.8 Å². The fourth-order valence-electron chi connectivity index (χ4n) is 2.59. The number of fused-ring (bicyclic) bond motifs is 1. The van der Waals surface area contributed by atoms with Gasteiger partial charge in [0, 0.05) is 25.5 Å². The van der Waals surface area contributed by atoms with Gasteiger partial charge < -0.3 is 0 Å². The third-order valence-corrected chi connectivity index (χ3v) is 5.26. The first-order valence-electron chi connectivity index (χ1n) is 7.70. The number of hydrogen-bond donors (Lipinski definition) is 1. The second-order valence-electron chi connectivity index (χ2n) is 5.81. The highest BCUT2D eigenvalue weighted by Gasteiger charge is 2.35. The predicted octanol–water partition coefficient (Wildman–Crippen LogP) is 1.11. The van der Waals surface area contributed by atoms with Crippen LogP contribution in [0.15, 0.2) is 42.7 Å². The topological polar surface area (TPSA) is 96.4 Å². The second-order valence-corrected chi connectivity index (χ2v) is 7.73. The maximum Gasteiger partial charge on any atom is 0.261 e. The lowest BCUT2D eigenvalue weighted by Crippen LogP contribution is -2.37. The Labute approximate surface area is 145 Å². The lowest BCUT2D eigenvalue weighted by atomic mass is 10.1. The normalized spacial score (nSPS) is 14.0. The molecule has 7 nitrogen and oxygen atoms in total. The van der Waals surface area contributed by atoms with E-state index >= 15 is 0 Å². The van der Waals surface area contributed by atoms with Crippen molar-refractivity contribution >= 4 is 21.8 Å². The Morgan fingerprint density at radius 1 is 1.04 bits per heavy atom. The van der Waals surface area contributed by atoms with Crippen molar-refractivity contribution in [1.29, 1.82) is 0 Å². The highest BCUT2D eigenvalue weighted by atomic mass is 32.2. The molecular formula is C17H17N3O4S. The molecule has 2 aromatic rings. The molecule has 0 fully saturated rings. The van der Waals surface area contributed by atoms with Crippen molar-refractivity contribution in [3.63, 3.8) is 0 Å². The molecular weight excluding hydrogens is 342 g/mol. The van der Waals surface area contributed by atoms with Crippen molar-refractivity contribution in [2.24, 2.45) is 0 Å². The molecule has 1 aliphatic rings.